The van der Waals surface area contributed by atoms with Gasteiger partial charge in [-0.05, 0) is 13.8 Å². The molecule has 0 spiro atoms. The van der Waals surface area contributed by atoms with E-state index in [0.29, 0.717) is 5.88 Å². The SMILES string of the molecule is COC(=O)c1cc(OC2CC(C)OC(C)C2)ncc1N. The van der Waals surface area contributed by atoms with Crippen molar-refractivity contribution in [3.8, 4) is 5.88 Å². The van der Waals surface area contributed by atoms with Crippen LogP contribution in [0.2, 0.25) is 0 Å². The van der Waals surface area contributed by atoms with Crippen LogP contribution in [0, 0.1) is 0 Å². The number of esters is 1. The number of carbonyl (C=O) groups excluding carboxylic acids is 1. The summed E-state index contributed by atoms with van der Waals surface area (Å²) in [6.45, 7) is 4.03. The van der Waals surface area contributed by atoms with Crippen molar-refractivity contribution in [2.24, 2.45) is 0 Å². The van der Waals surface area contributed by atoms with Gasteiger partial charge in [0.1, 0.15) is 6.10 Å². The molecule has 6 nitrogen and oxygen atoms in total. The first kappa shape index (κ1) is 14.6. The molecule has 0 radical (unpaired) electrons. The number of nitrogen functional groups attached to an aromatic ring is 1. The Morgan fingerprint density at radius 3 is 2.65 bits per heavy atom. The summed E-state index contributed by atoms with van der Waals surface area (Å²) in [6.07, 6.45) is 3.33. The number of carbonyl (C=O) groups is 1. The van der Waals surface area contributed by atoms with E-state index < -0.39 is 5.97 Å². The number of hydrogen-bond acceptors (Lipinski definition) is 6. The Morgan fingerprint density at radius 1 is 1.40 bits per heavy atom. The maximum atomic E-state index is 11.6. The van der Waals surface area contributed by atoms with E-state index in [-0.39, 0.29) is 29.6 Å². The van der Waals surface area contributed by atoms with Gasteiger partial charge in [0.05, 0.1) is 36.8 Å². The number of nitrogens with zero attached hydrogens (tertiary/aromatic N) is 1. The van der Waals surface area contributed by atoms with Gasteiger partial charge in [0.2, 0.25) is 5.88 Å². The largest absolute Gasteiger partial charge is 0.474 e. The van der Waals surface area contributed by atoms with Crippen LogP contribution in [0.4, 0.5) is 5.69 Å². The topological polar surface area (TPSA) is 83.7 Å². The molecule has 2 heterocycles. The van der Waals surface area contributed by atoms with Gasteiger partial charge < -0.3 is 19.9 Å². The highest BCUT2D eigenvalue weighted by Gasteiger charge is 2.26. The molecule has 2 unspecified atom stereocenters. The standard InChI is InChI=1S/C14H20N2O4/c1-8-4-10(5-9(2)19-8)20-13-6-11(14(17)18-3)12(15)7-16-13/h6-10H,4-5,15H2,1-3H3. The van der Waals surface area contributed by atoms with E-state index in [9.17, 15) is 4.79 Å². The summed E-state index contributed by atoms with van der Waals surface area (Å²) in [5, 5.41) is 0. The normalized spacial score (nSPS) is 26.1. The molecule has 1 saturated heterocycles. The van der Waals surface area contributed by atoms with E-state index in [1.54, 1.807) is 0 Å². The number of rotatable bonds is 3. The van der Waals surface area contributed by atoms with Gasteiger partial charge in [0.15, 0.2) is 0 Å². The maximum absolute atomic E-state index is 11.6. The van der Waals surface area contributed by atoms with Crippen LogP contribution in [0.15, 0.2) is 12.3 Å². The molecule has 1 aromatic heterocycles. The van der Waals surface area contributed by atoms with Crippen molar-refractivity contribution in [1.82, 2.24) is 4.98 Å². The summed E-state index contributed by atoms with van der Waals surface area (Å²) >= 11 is 0. The van der Waals surface area contributed by atoms with Crippen molar-refractivity contribution in [3.63, 3.8) is 0 Å². The van der Waals surface area contributed by atoms with Gasteiger partial charge in [-0.2, -0.15) is 0 Å². The van der Waals surface area contributed by atoms with E-state index in [4.69, 9.17) is 15.2 Å². The van der Waals surface area contributed by atoms with Gasteiger partial charge in [0, 0.05) is 18.9 Å². The van der Waals surface area contributed by atoms with Crippen LogP contribution < -0.4 is 10.5 Å². The third-order valence-electron chi connectivity index (χ3n) is 3.26. The zero-order valence-electron chi connectivity index (χ0n) is 12.0. The molecular formula is C14H20N2O4. The van der Waals surface area contributed by atoms with Gasteiger partial charge in [-0.3, -0.25) is 0 Å². The quantitative estimate of drug-likeness (QED) is 0.850. The van der Waals surface area contributed by atoms with Crippen molar-refractivity contribution in [1.29, 1.82) is 0 Å². The van der Waals surface area contributed by atoms with Crippen molar-refractivity contribution >= 4 is 11.7 Å². The molecule has 2 rings (SSSR count). The Labute approximate surface area is 118 Å². The number of pyridine rings is 1. The molecule has 0 bridgehead atoms. The number of nitrogens with two attached hydrogens (primary N) is 1. The lowest BCUT2D eigenvalue weighted by Crippen LogP contribution is -2.35. The van der Waals surface area contributed by atoms with Gasteiger partial charge in [-0.1, -0.05) is 0 Å². The smallest absolute Gasteiger partial charge is 0.340 e. The zero-order chi connectivity index (χ0) is 14.7. The van der Waals surface area contributed by atoms with E-state index in [1.165, 1.54) is 19.4 Å². The van der Waals surface area contributed by atoms with E-state index in [0.717, 1.165) is 12.8 Å². The number of methoxy groups -OCH3 is 1. The minimum Gasteiger partial charge on any atom is -0.474 e. The van der Waals surface area contributed by atoms with Crippen LogP contribution in [0.5, 0.6) is 5.88 Å². The Morgan fingerprint density at radius 2 is 2.05 bits per heavy atom. The van der Waals surface area contributed by atoms with Crippen molar-refractivity contribution in [2.45, 2.75) is 45.0 Å². The molecule has 1 fully saturated rings. The van der Waals surface area contributed by atoms with Crippen LogP contribution in [-0.2, 0) is 9.47 Å². The van der Waals surface area contributed by atoms with Gasteiger partial charge in [-0.25, -0.2) is 9.78 Å². The lowest BCUT2D eigenvalue weighted by Gasteiger charge is -2.31. The number of anilines is 1. The molecule has 0 saturated carbocycles. The second kappa shape index (κ2) is 6.09. The summed E-state index contributed by atoms with van der Waals surface area (Å²) in [6, 6.07) is 1.52. The summed E-state index contributed by atoms with van der Waals surface area (Å²) in [5.41, 5.74) is 6.25. The maximum Gasteiger partial charge on any atom is 0.340 e. The minimum atomic E-state index is -0.497. The van der Waals surface area contributed by atoms with Gasteiger partial charge in [-0.15, -0.1) is 0 Å². The van der Waals surface area contributed by atoms with E-state index >= 15 is 0 Å². The minimum absolute atomic E-state index is 0.0235. The first-order valence-electron chi connectivity index (χ1n) is 6.65. The molecule has 0 aliphatic carbocycles. The fraction of sp³-hybridized carbons (Fsp3) is 0.571. The number of hydrogen-bond donors (Lipinski definition) is 1. The highest BCUT2D eigenvalue weighted by molar-refractivity contribution is 5.95. The van der Waals surface area contributed by atoms with Gasteiger partial charge >= 0.3 is 5.97 Å². The highest BCUT2D eigenvalue weighted by atomic mass is 16.5. The molecule has 6 heteroatoms. The molecule has 1 aliphatic rings. The molecule has 1 aliphatic heterocycles. The predicted octanol–water partition coefficient (Wildman–Crippen LogP) is 1.79. The third kappa shape index (κ3) is 3.39. The van der Waals surface area contributed by atoms with Crippen LogP contribution in [-0.4, -0.2) is 36.4 Å². The molecule has 0 aromatic carbocycles. The molecule has 110 valence electrons. The average Bonchev–Trinajstić information content (AvgIpc) is 2.39. The molecular weight excluding hydrogens is 260 g/mol. The summed E-state index contributed by atoms with van der Waals surface area (Å²) in [5.74, 6) is -0.116. The summed E-state index contributed by atoms with van der Waals surface area (Å²) in [4.78, 5) is 15.7. The van der Waals surface area contributed by atoms with Crippen molar-refractivity contribution < 1.29 is 19.0 Å². The molecule has 2 atom stereocenters. The zero-order valence-corrected chi connectivity index (χ0v) is 12.0. The fourth-order valence-electron chi connectivity index (χ4n) is 2.41. The van der Waals surface area contributed by atoms with Crippen LogP contribution in [0.1, 0.15) is 37.0 Å². The van der Waals surface area contributed by atoms with Crippen molar-refractivity contribution in [3.05, 3.63) is 17.8 Å². The lowest BCUT2D eigenvalue weighted by atomic mass is 10.0. The average molecular weight is 280 g/mol. The second-order valence-electron chi connectivity index (χ2n) is 5.07. The molecule has 1 aromatic rings. The fourth-order valence-corrected chi connectivity index (χ4v) is 2.41. The summed E-state index contributed by atoms with van der Waals surface area (Å²) in [7, 11) is 1.31. The number of ether oxygens (including phenoxy) is 3. The van der Waals surface area contributed by atoms with Crippen LogP contribution in [0.3, 0.4) is 0 Å². The van der Waals surface area contributed by atoms with E-state index in [1.807, 2.05) is 13.8 Å². The Hall–Kier alpha value is -1.82. The number of aromatic nitrogens is 1. The second-order valence-corrected chi connectivity index (χ2v) is 5.07. The molecule has 20 heavy (non-hydrogen) atoms. The molecule has 2 N–H and O–H groups in total. The highest BCUT2D eigenvalue weighted by Crippen LogP contribution is 2.25. The Balaban J connectivity index is 2.11. The van der Waals surface area contributed by atoms with E-state index in [2.05, 4.69) is 9.72 Å². The lowest BCUT2D eigenvalue weighted by molar-refractivity contribution is -0.0729. The Kier molecular flexibility index (Phi) is 4.44. The monoisotopic (exact) mass is 280 g/mol. The van der Waals surface area contributed by atoms with Crippen LogP contribution in [0.25, 0.3) is 0 Å². The first-order chi connectivity index (χ1) is 9.49. The Bertz CT molecular complexity index is 482. The summed E-state index contributed by atoms with van der Waals surface area (Å²) < 4.78 is 16.2. The first-order valence-corrected chi connectivity index (χ1v) is 6.65. The predicted molar refractivity (Wildman–Crippen MR) is 73.6 cm³/mol. The molecule has 0 amide bonds. The van der Waals surface area contributed by atoms with Crippen LogP contribution >= 0.6 is 0 Å². The van der Waals surface area contributed by atoms with Gasteiger partial charge in [0.25, 0.3) is 0 Å². The van der Waals surface area contributed by atoms with Crippen molar-refractivity contribution in [2.75, 3.05) is 12.8 Å². The third-order valence-corrected chi connectivity index (χ3v) is 3.26.